The van der Waals surface area contributed by atoms with Gasteiger partial charge in [0.15, 0.2) is 0 Å². The van der Waals surface area contributed by atoms with Crippen molar-refractivity contribution in [1.82, 2.24) is 23.9 Å². The maximum absolute atomic E-state index is 6.47. The van der Waals surface area contributed by atoms with Gasteiger partial charge in [-0.1, -0.05) is 94.9 Å². The monoisotopic (exact) mass is 782 g/mol. The van der Waals surface area contributed by atoms with Crippen LogP contribution in [0.2, 0.25) is 0 Å². The number of hydrogen-bond donors (Lipinski definition) is 0. The summed E-state index contributed by atoms with van der Waals surface area (Å²) in [6.45, 7) is 13.2. The van der Waals surface area contributed by atoms with Crippen LogP contribution >= 0.6 is 0 Å². The van der Waals surface area contributed by atoms with Crippen LogP contribution in [0, 0.1) is 12.1 Å². The predicted molar refractivity (Wildman–Crippen MR) is 182 cm³/mol. The van der Waals surface area contributed by atoms with Crippen LogP contribution in [-0.4, -0.2) is 23.9 Å². The van der Waals surface area contributed by atoms with Gasteiger partial charge in [-0.15, -0.1) is 23.6 Å². The molecule has 8 aromatic rings. The number of hydrogen-bond acceptors (Lipinski definition) is 4. The van der Waals surface area contributed by atoms with Crippen molar-refractivity contribution in [3.8, 4) is 17.3 Å². The van der Waals surface area contributed by atoms with Crippen LogP contribution in [0.1, 0.15) is 52.9 Å². The molecule has 0 aliphatic rings. The molecule has 6 nitrogen and oxygen atoms in total. The van der Waals surface area contributed by atoms with Crippen molar-refractivity contribution in [3.63, 3.8) is 0 Å². The van der Waals surface area contributed by atoms with Gasteiger partial charge in [0.05, 0.1) is 16.7 Å². The molecule has 8 rings (SSSR count). The van der Waals surface area contributed by atoms with Crippen molar-refractivity contribution in [2.24, 2.45) is 0 Å². The molecule has 0 aliphatic heterocycles. The van der Waals surface area contributed by atoms with Gasteiger partial charge in [0.25, 0.3) is 0 Å². The molecule has 0 unspecified atom stereocenters. The molecule has 0 aliphatic carbocycles. The Hall–Kier alpha value is -4.54. The third-order valence-corrected chi connectivity index (χ3v) is 8.41. The van der Waals surface area contributed by atoms with E-state index in [9.17, 15) is 0 Å². The van der Waals surface area contributed by atoms with Crippen molar-refractivity contribution in [3.05, 3.63) is 115 Å². The fourth-order valence-electron chi connectivity index (χ4n) is 6.16. The smallest absolute Gasteiger partial charge is 0.503 e. The second kappa shape index (κ2) is 10.8. The fraction of sp³-hybridized carbons (Fsp3) is 0.205. The van der Waals surface area contributed by atoms with Gasteiger partial charge >= 0.3 is 21.1 Å². The van der Waals surface area contributed by atoms with Crippen LogP contribution < -0.4 is 4.74 Å². The van der Waals surface area contributed by atoms with Crippen LogP contribution in [0.15, 0.2) is 91.1 Å². The number of rotatable bonds is 3. The number of aromatic nitrogens is 5. The van der Waals surface area contributed by atoms with E-state index in [1.807, 2.05) is 42.6 Å². The maximum atomic E-state index is 6.47. The van der Waals surface area contributed by atoms with Crippen LogP contribution in [0.25, 0.3) is 55.2 Å². The third-order valence-electron chi connectivity index (χ3n) is 8.41. The van der Waals surface area contributed by atoms with Crippen molar-refractivity contribution in [2.75, 3.05) is 0 Å². The Morgan fingerprint density at radius 3 is 2.17 bits per heavy atom. The minimum atomic E-state index is -0.185. The Bertz CT molecular complexity index is 2440. The summed E-state index contributed by atoms with van der Waals surface area (Å²) < 4.78 is 10.8. The Morgan fingerprint density at radius 1 is 0.674 bits per heavy atom. The second-order valence-corrected chi connectivity index (χ2v) is 13.7. The van der Waals surface area contributed by atoms with Gasteiger partial charge in [0.2, 0.25) is 0 Å². The van der Waals surface area contributed by atoms with Gasteiger partial charge in [0, 0.05) is 28.6 Å². The molecule has 4 aromatic carbocycles. The summed E-state index contributed by atoms with van der Waals surface area (Å²) in [5, 5.41) is 3.05. The standard InChI is InChI=1S/C39H33N5O.Pt/c1-38(2,3)24-19-20-40-35(21-24)43-32-13-9-7-11-27(32)28-17-15-26(23-34(28)43)45-25-16-18-30-29(22-25)36-41-31-12-8-10-14-33(31)44(36)37(42-30)39(4,5)6;/h7-21H,1-6H3;/q-2;+2. The van der Waals surface area contributed by atoms with Crippen molar-refractivity contribution in [1.29, 1.82) is 0 Å². The maximum Gasteiger partial charge on any atom is 2.00 e. The van der Waals surface area contributed by atoms with Gasteiger partial charge < -0.3 is 13.7 Å². The summed E-state index contributed by atoms with van der Waals surface area (Å²) in [5.41, 5.74) is 6.62. The Balaban J connectivity index is 0.00000338. The Labute approximate surface area is 282 Å². The van der Waals surface area contributed by atoms with E-state index in [1.165, 1.54) is 5.56 Å². The number of pyridine rings is 1. The van der Waals surface area contributed by atoms with E-state index in [1.54, 1.807) is 0 Å². The molecule has 0 spiro atoms. The van der Waals surface area contributed by atoms with Crippen molar-refractivity contribution >= 4 is 49.4 Å². The van der Waals surface area contributed by atoms with E-state index >= 15 is 0 Å². The number of benzene rings is 4. The van der Waals surface area contributed by atoms with Gasteiger partial charge in [-0.3, -0.25) is 9.97 Å². The molecule has 0 bridgehead atoms. The zero-order chi connectivity index (χ0) is 31.1. The average molecular weight is 783 g/mol. The molecule has 7 heteroatoms. The summed E-state index contributed by atoms with van der Waals surface area (Å²) in [6, 6.07) is 35.9. The van der Waals surface area contributed by atoms with Crippen molar-refractivity contribution < 1.29 is 25.8 Å². The van der Waals surface area contributed by atoms with Crippen molar-refractivity contribution in [2.45, 2.75) is 52.4 Å². The minimum Gasteiger partial charge on any atom is -0.503 e. The van der Waals surface area contributed by atoms with Gasteiger partial charge in [-0.05, 0) is 52.2 Å². The zero-order valence-electron chi connectivity index (χ0n) is 26.6. The Morgan fingerprint density at radius 2 is 1.39 bits per heavy atom. The first-order valence-corrected chi connectivity index (χ1v) is 15.3. The number of ether oxygens (including phenoxy) is 1. The molecule has 46 heavy (non-hydrogen) atoms. The quantitative estimate of drug-likeness (QED) is 0.168. The molecular weight excluding hydrogens is 750 g/mol. The molecule has 0 fully saturated rings. The molecule has 230 valence electrons. The number of nitrogens with zero attached hydrogens (tertiary/aromatic N) is 5. The number of fused-ring (bicyclic) bond motifs is 8. The predicted octanol–water partition coefficient (Wildman–Crippen LogP) is 9.51. The number of imidazole rings is 1. The topological polar surface area (TPSA) is 57.2 Å². The molecule has 4 heterocycles. The molecule has 4 aromatic heterocycles. The second-order valence-electron chi connectivity index (χ2n) is 13.7. The molecule has 0 amide bonds. The molecule has 0 atom stereocenters. The average Bonchev–Trinajstić information content (AvgIpc) is 3.56. The van der Waals surface area contributed by atoms with Gasteiger partial charge in [-0.2, -0.15) is 6.07 Å². The fourth-order valence-corrected chi connectivity index (χ4v) is 6.16. The largest absolute Gasteiger partial charge is 2.00 e. The summed E-state index contributed by atoms with van der Waals surface area (Å²) >= 11 is 0. The number of para-hydroxylation sites is 3. The van der Waals surface area contributed by atoms with Crippen LogP contribution in [0.3, 0.4) is 0 Å². The van der Waals surface area contributed by atoms with E-state index in [4.69, 9.17) is 19.7 Å². The summed E-state index contributed by atoms with van der Waals surface area (Å²) in [7, 11) is 0. The van der Waals surface area contributed by atoms with E-state index in [0.29, 0.717) is 11.5 Å². The first kappa shape index (κ1) is 30.1. The zero-order valence-corrected chi connectivity index (χ0v) is 28.9. The molecule has 0 saturated carbocycles. The van der Waals surface area contributed by atoms with E-state index < -0.39 is 0 Å². The van der Waals surface area contributed by atoms with E-state index in [2.05, 4.69) is 111 Å². The molecular formula is C39H33N5OPt. The van der Waals surface area contributed by atoms with E-state index in [0.717, 1.165) is 61.0 Å². The van der Waals surface area contributed by atoms with Crippen LogP contribution in [-0.2, 0) is 31.9 Å². The Kier molecular flexibility index (Phi) is 7.06. The van der Waals surface area contributed by atoms with Crippen LogP contribution in [0.5, 0.6) is 11.5 Å². The molecule has 0 radical (unpaired) electrons. The summed E-state index contributed by atoms with van der Waals surface area (Å²) in [5.74, 6) is 2.98. The van der Waals surface area contributed by atoms with Gasteiger partial charge in [0.1, 0.15) is 11.6 Å². The van der Waals surface area contributed by atoms with Crippen LogP contribution in [0.4, 0.5) is 0 Å². The van der Waals surface area contributed by atoms with Gasteiger partial charge in [-0.25, -0.2) is 4.98 Å². The summed E-state index contributed by atoms with van der Waals surface area (Å²) in [4.78, 5) is 14.9. The SMILES string of the molecule is CC(C)(C)c1ccnc(-n2c3[c-]c(Oc4[c-]c5c(cc4)nc(C(C)(C)C)n4c6ccccc6nc54)ccc3c3ccccc32)c1.[Pt+2]. The molecule has 0 N–H and O–H groups in total. The first-order chi connectivity index (χ1) is 21.6. The summed E-state index contributed by atoms with van der Waals surface area (Å²) in [6.07, 6.45) is 1.89. The molecule has 0 saturated heterocycles. The normalized spacial score (nSPS) is 12.4. The third kappa shape index (κ3) is 4.87. The first-order valence-electron chi connectivity index (χ1n) is 15.3. The van der Waals surface area contributed by atoms with E-state index in [-0.39, 0.29) is 31.9 Å². The minimum absolute atomic E-state index is 0.